The Balaban J connectivity index is 1.10. The smallest absolute Gasteiger partial charge is 0.136 e. The monoisotopic (exact) mass is 713 g/mol. The number of rotatable bonds is 6. The first kappa shape index (κ1) is 32.0. The molecule has 0 bridgehead atoms. The highest BCUT2D eigenvalue weighted by atomic mass is 16.3. The van der Waals surface area contributed by atoms with Crippen LogP contribution in [-0.2, 0) is 0 Å². The van der Waals surface area contributed by atoms with Crippen molar-refractivity contribution in [1.29, 1.82) is 0 Å². The van der Waals surface area contributed by atoms with Gasteiger partial charge in [-0.15, -0.1) is 0 Å². The normalized spacial score (nSPS) is 11.6. The summed E-state index contributed by atoms with van der Waals surface area (Å²) in [6.45, 7) is 0. The van der Waals surface area contributed by atoms with E-state index in [0.29, 0.717) is 0 Å². The highest BCUT2D eigenvalue weighted by molar-refractivity contribution is 6.17. The molecule has 0 atom stereocenters. The molecule has 0 N–H and O–H groups in total. The van der Waals surface area contributed by atoms with Crippen molar-refractivity contribution in [3.63, 3.8) is 0 Å². The number of hydrogen-bond donors (Lipinski definition) is 0. The third-order valence-corrected chi connectivity index (χ3v) is 11.2. The van der Waals surface area contributed by atoms with Gasteiger partial charge in [-0.05, 0) is 109 Å². The molecular weight excluding hydrogens is 679 g/mol. The Hall–Kier alpha value is -7.42. The second-order valence-electron chi connectivity index (χ2n) is 14.5. The fourth-order valence-electron chi connectivity index (χ4n) is 8.60. The van der Waals surface area contributed by atoms with Crippen molar-refractivity contribution in [2.45, 2.75) is 0 Å². The van der Waals surface area contributed by atoms with E-state index >= 15 is 0 Å². The summed E-state index contributed by atoms with van der Waals surface area (Å²) in [6.07, 6.45) is 0. The summed E-state index contributed by atoms with van der Waals surface area (Å²) in [5.41, 5.74) is 12.0. The molecule has 0 saturated heterocycles. The molecule has 1 heterocycles. The third kappa shape index (κ3) is 5.34. The van der Waals surface area contributed by atoms with E-state index in [1.807, 2.05) is 0 Å². The lowest BCUT2D eigenvalue weighted by Gasteiger charge is -2.28. The van der Waals surface area contributed by atoms with Crippen LogP contribution >= 0.6 is 0 Å². The van der Waals surface area contributed by atoms with Crippen LogP contribution in [0.3, 0.4) is 0 Å². The van der Waals surface area contributed by atoms with Crippen LogP contribution in [0.4, 0.5) is 17.1 Å². The van der Waals surface area contributed by atoms with Crippen molar-refractivity contribution in [2.24, 2.45) is 0 Å². The van der Waals surface area contributed by atoms with Crippen LogP contribution in [0, 0.1) is 0 Å². The van der Waals surface area contributed by atoms with E-state index in [1.54, 1.807) is 0 Å². The molecule has 0 radical (unpaired) electrons. The molecule has 0 aliphatic rings. The van der Waals surface area contributed by atoms with Gasteiger partial charge in [0.05, 0.1) is 5.69 Å². The fourth-order valence-corrected chi connectivity index (χ4v) is 8.60. The zero-order chi connectivity index (χ0) is 37.0. The van der Waals surface area contributed by atoms with E-state index in [2.05, 4.69) is 217 Å². The topological polar surface area (TPSA) is 16.4 Å². The van der Waals surface area contributed by atoms with Crippen LogP contribution in [-0.4, -0.2) is 0 Å². The molecule has 0 saturated carbocycles. The molecule has 262 valence electrons. The van der Waals surface area contributed by atoms with Crippen molar-refractivity contribution >= 4 is 71.3 Å². The minimum absolute atomic E-state index is 0.882. The summed E-state index contributed by atoms with van der Waals surface area (Å²) in [6, 6.07) is 76.5. The van der Waals surface area contributed by atoms with Crippen molar-refractivity contribution in [3.8, 4) is 33.4 Å². The molecule has 0 aliphatic heterocycles. The predicted octanol–water partition coefficient (Wildman–Crippen LogP) is 15.5. The van der Waals surface area contributed by atoms with Gasteiger partial charge in [0.15, 0.2) is 0 Å². The largest absolute Gasteiger partial charge is 0.456 e. The second-order valence-corrected chi connectivity index (χ2v) is 14.5. The average molecular weight is 714 g/mol. The third-order valence-electron chi connectivity index (χ3n) is 11.2. The summed E-state index contributed by atoms with van der Waals surface area (Å²) in [7, 11) is 0. The summed E-state index contributed by atoms with van der Waals surface area (Å²) in [4.78, 5) is 2.40. The molecule has 2 nitrogen and oxygen atoms in total. The minimum Gasteiger partial charge on any atom is -0.456 e. The zero-order valence-electron chi connectivity index (χ0n) is 30.6. The summed E-state index contributed by atoms with van der Waals surface area (Å²) in [5, 5.41) is 9.67. The summed E-state index contributed by atoms with van der Waals surface area (Å²) >= 11 is 0. The first-order chi connectivity index (χ1) is 27.8. The number of nitrogens with zero attached hydrogens (tertiary/aromatic N) is 1. The van der Waals surface area contributed by atoms with Gasteiger partial charge in [-0.25, -0.2) is 0 Å². The molecule has 0 fully saturated rings. The number of fused-ring (bicyclic) bond motifs is 7. The number of anilines is 3. The number of para-hydroxylation sites is 1. The van der Waals surface area contributed by atoms with E-state index in [-0.39, 0.29) is 0 Å². The van der Waals surface area contributed by atoms with Crippen LogP contribution in [0.2, 0.25) is 0 Å². The maximum Gasteiger partial charge on any atom is 0.136 e. The van der Waals surface area contributed by atoms with Crippen molar-refractivity contribution < 1.29 is 4.42 Å². The quantitative estimate of drug-likeness (QED) is 0.160. The van der Waals surface area contributed by atoms with Gasteiger partial charge in [-0.2, -0.15) is 0 Å². The number of benzene rings is 10. The first-order valence-electron chi connectivity index (χ1n) is 19.2. The van der Waals surface area contributed by atoms with Crippen LogP contribution in [0.15, 0.2) is 217 Å². The Kier molecular flexibility index (Phi) is 7.53. The van der Waals surface area contributed by atoms with E-state index in [0.717, 1.165) is 50.1 Å². The Morgan fingerprint density at radius 2 is 0.964 bits per heavy atom. The minimum atomic E-state index is 0.882. The van der Waals surface area contributed by atoms with Gasteiger partial charge in [0, 0.05) is 27.7 Å². The maximum absolute atomic E-state index is 6.55. The molecule has 2 heteroatoms. The molecular formula is C54H35NO. The Labute approximate surface area is 325 Å². The molecule has 11 aromatic rings. The zero-order valence-corrected chi connectivity index (χ0v) is 30.6. The van der Waals surface area contributed by atoms with Crippen molar-refractivity contribution in [1.82, 2.24) is 0 Å². The molecule has 10 aromatic carbocycles. The maximum atomic E-state index is 6.55. The van der Waals surface area contributed by atoms with Gasteiger partial charge in [-0.3, -0.25) is 0 Å². The predicted molar refractivity (Wildman–Crippen MR) is 237 cm³/mol. The lowest BCUT2D eigenvalue weighted by molar-refractivity contribution is 0.669. The lowest BCUT2D eigenvalue weighted by Crippen LogP contribution is -2.11. The molecule has 0 unspecified atom stereocenters. The Morgan fingerprint density at radius 1 is 0.304 bits per heavy atom. The van der Waals surface area contributed by atoms with E-state index in [9.17, 15) is 0 Å². The van der Waals surface area contributed by atoms with E-state index < -0.39 is 0 Å². The van der Waals surface area contributed by atoms with Crippen molar-refractivity contribution in [2.75, 3.05) is 4.90 Å². The standard InChI is InChI=1S/C54H35NO/c1-2-13-36(14-3-1)39-18-10-19-43(33-39)55(42-30-27-38(28-31-42)45-22-11-23-46-44-20-7-6-15-37(44)29-32-47(45)46)51-25-9-8-21-48(51)49-24-12-26-52-54(49)50-34-40-16-4-5-17-41(40)35-53(50)56-52/h1-35H. The SMILES string of the molecule is c1ccc(-c2cccc(N(c3ccc(-c4cccc5c4ccc4ccccc45)cc3)c3ccccc3-c3cccc4oc5cc6ccccc6cc5c34)c2)cc1. The van der Waals surface area contributed by atoms with Crippen LogP contribution in [0.1, 0.15) is 0 Å². The van der Waals surface area contributed by atoms with Gasteiger partial charge in [0.25, 0.3) is 0 Å². The number of furan rings is 1. The van der Waals surface area contributed by atoms with Gasteiger partial charge in [-0.1, -0.05) is 164 Å². The fraction of sp³-hybridized carbons (Fsp3) is 0. The number of hydrogen-bond acceptors (Lipinski definition) is 2. The van der Waals surface area contributed by atoms with Gasteiger partial charge >= 0.3 is 0 Å². The highest BCUT2D eigenvalue weighted by Crippen LogP contribution is 2.46. The summed E-state index contributed by atoms with van der Waals surface area (Å²) < 4.78 is 6.55. The van der Waals surface area contributed by atoms with Gasteiger partial charge in [0.1, 0.15) is 11.2 Å². The lowest BCUT2D eigenvalue weighted by atomic mass is 9.94. The van der Waals surface area contributed by atoms with Gasteiger partial charge in [0.2, 0.25) is 0 Å². The van der Waals surface area contributed by atoms with Crippen LogP contribution in [0.5, 0.6) is 0 Å². The van der Waals surface area contributed by atoms with E-state index in [4.69, 9.17) is 4.42 Å². The highest BCUT2D eigenvalue weighted by Gasteiger charge is 2.21. The van der Waals surface area contributed by atoms with Gasteiger partial charge < -0.3 is 9.32 Å². The molecule has 0 spiro atoms. The molecule has 11 rings (SSSR count). The Morgan fingerprint density at radius 3 is 1.84 bits per heavy atom. The summed E-state index contributed by atoms with van der Waals surface area (Å²) in [5.74, 6) is 0. The first-order valence-corrected chi connectivity index (χ1v) is 19.2. The molecule has 0 amide bonds. The molecule has 0 aliphatic carbocycles. The average Bonchev–Trinajstić information content (AvgIpc) is 3.64. The molecule has 1 aromatic heterocycles. The van der Waals surface area contributed by atoms with Crippen LogP contribution < -0.4 is 4.90 Å². The van der Waals surface area contributed by atoms with E-state index in [1.165, 1.54) is 54.6 Å². The van der Waals surface area contributed by atoms with Crippen LogP contribution in [0.25, 0.3) is 87.6 Å². The molecule has 56 heavy (non-hydrogen) atoms. The Bertz CT molecular complexity index is 3250. The second kappa shape index (κ2) is 13.2. The van der Waals surface area contributed by atoms with Crippen molar-refractivity contribution in [3.05, 3.63) is 212 Å².